The highest BCUT2D eigenvalue weighted by molar-refractivity contribution is 5.84. The molecule has 1 rings (SSSR count). The van der Waals surface area contributed by atoms with Gasteiger partial charge in [-0.25, -0.2) is 4.39 Å². The van der Waals surface area contributed by atoms with Gasteiger partial charge in [0.2, 0.25) is 0 Å². The SMILES string of the molecule is COC(=O)C(C)(CN)c1cc(F)ccc1OC. The summed E-state index contributed by atoms with van der Waals surface area (Å²) in [5, 5.41) is 0. The molecule has 1 aromatic carbocycles. The molecule has 0 aliphatic carbocycles. The van der Waals surface area contributed by atoms with E-state index in [0.717, 1.165) is 0 Å². The van der Waals surface area contributed by atoms with Gasteiger partial charge in [0.15, 0.2) is 0 Å². The van der Waals surface area contributed by atoms with E-state index >= 15 is 0 Å². The summed E-state index contributed by atoms with van der Waals surface area (Å²) < 4.78 is 23.1. The minimum Gasteiger partial charge on any atom is -0.496 e. The van der Waals surface area contributed by atoms with E-state index in [-0.39, 0.29) is 6.54 Å². The first kappa shape index (κ1) is 13.4. The first-order valence-corrected chi connectivity index (χ1v) is 5.12. The Morgan fingerprint density at radius 3 is 2.59 bits per heavy atom. The summed E-state index contributed by atoms with van der Waals surface area (Å²) in [4.78, 5) is 11.8. The van der Waals surface area contributed by atoms with Crippen LogP contribution in [0, 0.1) is 5.82 Å². The van der Waals surface area contributed by atoms with Crippen molar-refractivity contribution in [3.05, 3.63) is 29.6 Å². The molecule has 0 aliphatic heterocycles. The molecule has 1 aromatic rings. The number of hydrogen-bond donors (Lipinski definition) is 1. The minimum atomic E-state index is -1.12. The molecule has 1 unspecified atom stereocenters. The van der Waals surface area contributed by atoms with Gasteiger partial charge in [0.05, 0.1) is 14.2 Å². The lowest BCUT2D eigenvalue weighted by Gasteiger charge is -2.27. The molecule has 0 fully saturated rings. The predicted octanol–water partition coefficient (Wildman–Crippen LogP) is 1.22. The summed E-state index contributed by atoms with van der Waals surface area (Å²) in [5.41, 5.74) is 4.87. The highest BCUT2D eigenvalue weighted by Gasteiger charge is 2.37. The molecular weight excluding hydrogens is 225 g/mol. The Bertz CT molecular complexity index is 422. The van der Waals surface area contributed by atoms with Crippen LogP contribution in [-0.4, -0.2) is 26.7 Å². The highest BCUT2D eigenvalue weighted by atomic mass is 19.1. The predicted molar refractivity (Wildman–Crippen MR) is 61.4 cm³/mol. The van der Waals surface area contributed by atoms with Crippen LogP contribution in [0.25, 0.3) is 0 Å². The fraction of sp³-hybridized carbons (Fsp3) is 0.417. The highest BCUT2D eigenvalue weighted by Crippen LogP contribution is 2.32. The van der Waals surface area contributed by atoms with Crippen LogP contribution in [-0.2, 0) is 14.9 Å². The molecule has 0 saturated heterocycles. The number of halogens is 1. The smallest absolute Gasteiger partial charge is 0.317 e. The van der Waals surface area contributed by atoms with E-state index in [9.17, 15) is 9.18 Å². The van der Waals surface area contributed by atoms with Crippen molar-refractivity contribution < 1.29 is 18.7 Å². The maximum Gasteiger partial charge on any atom is 0.317 e. The second-order valence-electron chi connectivity index (χ2n) is 3.87. The van der Waals surface area contributed by atoms with Gasteiger partial charge in [0, 0.05) is 12.1 Å². The van der Waals surface area contributed by atoms with Crippen LogP contribution in [0.1, 0.15) is 12.5 Å². The van der Waals surface area contributed by atoms with Crippen molar-refractivity contribution in [2.45, 2.75) is 12.3 Å². The number of carbonyl (C=O) groups excluding carboxylic acids is 1. The molecule has 0 spiro atoms. The topological polar surface area (TPSA) is 61.5 Å². The molecule has 0 amide bonds. The quantitative estimate of drug-likeness (QED) is 0.805. The van der Waals surface area contributed by atoms with E-state index < -0.39 is 17.2 Å². The van der Waals surface area contributed by atoms with Crippen LogP contribution in [0.15, 0.2) is 18.2 Å². The second-order valence-corrected chi connectivity index (χ2v) is 3.87. The molecule has 17 heavy (non-hydrogen) atoms. The Morgan fingerprint density at radius 1 is 1.47 bits per heavy atom. The van der Waals surface area contributed by atoms with Crippen molar-refractivity contribution in [1.29, 1.82) is 0 Å². The van der Waals surface area contributed by atoms with Gasteiger partial charge in [-0.15, -0.1) is 0 Å². The third-order valence-corrected chi connectivity index (χ3v) is 2.80. The summed E-state index contributed by atoms with van der Waals surface area (Å²) in [6, 6.07) is 3.96. The van der Waals surface area contributed by atoms with Crippen LogP contribution in [0.5, 0.6) is 5.75 Å². The maximum atomic E-state index is 13.3. The lowest BCUT2D eigenvalue weighted by atomic mass is 9.82. The molecule has 0 bridgehead atoms. The normalized spacial score (nSPS) is 13.9. The Labute approximate surface area is 99.5 Å². The first-order chi connectivity index (χ1) is 7.99. The monoisotopic (exact) mass is 241 g/mol. The zero-order chi connectivity index (χ0) is 13.1. The fourth-order valence-corrected chi connectivity index (χ4v) is 1.64. The van der Waals surface area contributed by atoms with Gasteiger partial charge in [0.25, 0.3) is 0 Å². The van der Waals surface area contributed by atoms with Crippen molar-refractivity contribution in [3.8, 4) is 5.75 Å². The fourth-order valence-electron chi connectivity index (χ4n) is 1.64. The molecule has 4 nitrogen and oxygen atoms in total. The van der Waals surface area contributed by atoms with E-state index in [1.807, 2.05) is 0 Å². The van der Waals surface area contributed by atoms with E-state index in [0.29, 0.717) is 11.3 Å². The molecule has 0 radical (unpaired) electrons. The van der Waals surface area contributed by atoms with Gasteiger partial charge < -0.3 is 15.2 Å². The number of carbonyl (C=O) groups is 1. The van der Waals surface area contributed by atoms with Gasteiger partial charge in [-0.05, 0) is 25.1 Å². The van der Waals surface area contributed by atoms with Crippen LogP contribution >= 0.6 is 0 Å². The Hall–Kier alpha value is -1.62. The van der Waals surface area contributed by atoms with Crippen molar-refractivity contribution in [1.82, 2.24) is 0 Å². The summed E-state index contributed by atoms with van der Waals surface area (Å²) in [6.45, 7) is 1.59. The lowest BCUT2D eigenvalue weighted by Crippen LogP contribution is -2.41. The number of nitrogens with two attached hydrogens (primary N) is 1. The van der Waals surface area contributed by atoms with Crippen molar-refractivity contribution in [3.63, 3.8) is 0 Å². The van der Waals surface area contributed by atoms with Crippen molar-refractivity contribution >= 4 is 5.97 Å². The summed E-state index contributed by atoms with van der Waals surface area (Å²) in [5.74, 6) is -0.571. The van der Waals surface area contributed by atoms with Crippen molar-refractivity contribution in [2.75, 3.05) is 20.8 Å². The van der Waals surface area contributed by atoms with Gasteiger partial charge in [-0.3, -0.25) is 4.79 Å². The largest absolute Gasteiger partial charge is 0.496 e. The molecular formula is C12H16FNO3. The first-order valence-electron chi connectivity index (χ1n) is 5.12. The molecule has 2 N–H and O–H groups in total. The van der Waals surface area contributed by atoms with Gasteiger partial charge in [-0.2, -0.15) is 0 Å². The lowest BCUT2D eigenvalue weighted by molar-refractivity contribution is -0.146. The van der Waals surface area contributed by atoms with Crippen LogP contribution in [0.3, 0.4) is 0 Å². The number of methoxy groups -OCH3 is 2. The van der Waals surface area contributed by atoms with Crippen LogP contribution < -0.4 is 10.5 Å². The Balaban J connectivity index is 3.37. The summed E-state index contributed by atoms with van der Waals surface area (Å²) in [6.07, 6.45) is 0. The molecule has 0 heterocycles. The third kappa shape index (κ3) is 2.39. The van der Waals surface area contributed by atoms with E-state index in [1.165, 1.54) is 32.4 Å². The third-order valence-electron chi connectivity index (χ3n) is 2.80. The van der Waals surface area contributed by atoms with Crippen LogP contribution in [0.2, 0.25) is 0 Å². The second kappa shape index (κ2) is 5.14. The number of benzene rings is 1. The summed E-state index contributed by atoms with van der Waals surface area (Å²) >= 11 is 0. The number of esters is 1. The Morgan fingerprint density at radius 2 is 2.12 bits per heavy atom. The average Bonchev–Trinajstić information content (AvgIpc) is 2.36. The number of rotatable bonds is 4. The average molecular weight is 241 g/mol. The number of ether oxygens (including phenoxy) is 2. The van der Waals surface area contributed by atoms with E-state index in [2.05, 4.69) is 0 Å². The maximum absolute atomic E-state index is 13.3. The molecule has 0 aliphatic rings. The summed E-state index contributed by atoms with van der Waals surface area (Å²) in [7, 11) is 2.72. The Kier molecular flexibility index (Phi) is 4.07. The van der Waals surface area contributed by atoms with Gasteiger partial charge in [-0.1, -0.05) is 0 Å². The molecule has 0 saturated carbocycles. The zero-order valence-electron chi connectivity index (χ0n) is 10.1. The zero-order valence-corrected chi connectivity index (χ0v) is 10.1. The van der Waals surface area contributed by atoms with Gasteiger partial charge >= 0.3 is 5.97 Å². The van der Waals surface area contributed by atoms with Crippen LogP contribution in [0.4, 0.5) is 4.39 Å². The van der Waals surface area contributed by atoms with Gasteiger partial charge in [0.1, 0.15) is 17.0 Å². The van der Waals surface area contributed by atoms with Crippen molar-refractivity contribution in [2.24, 2.45) is 5.73 Å². The minimum absolute atomic E-state index is 0.000509. The standard InChI is InChI=1S/C12H16FNO3/c1-12(7-14,11(15)17-3)9-6-8(13)4-5-10(9)16-2/h4-6H,7,14H2,1-3H3. The molecule has 0 aromatic heterocycles. The van der Waals surface area contributed by atoms with E-state index in [4.69, 9.17) is 15.2 Å². The number of hydrogen-bond acceptors (Lipinski definition) is 4. The molecule has 1 atom stereocenters. The molecule has 5 heteroatoms. The molecule has 94 valence electrons. The van der Waals surface area contributed by atoms with E-state index in [1.54, 1.807) is 6.92 Å².